The highest BCUT2D eigenvalue weighted by Crippen LogP contribution is 2.34. The van der Waals surface area contributed by atoms with Gasteiger partial charge in [0.25, 0.3) is 12.4 Å². The normalized spacial score (nSPS) is 20.0. The predicted molar refractivity (Wildman–Crippen MR) is 73.6 cm³/mol. The van der Waals surface area contributed by atoms with Crippen LogP contribution in [-0.2, 0) is 9.53 Å². The number of halogens is 4. The standard InChI is InChI=1S/C10H9F4N.C5H10O2/c11-6-1-2-8(12)7(3-6)9-4-10(13,14)5-15-9;1-5(2,3)7-4-6/h1-3,9,15H,4-5H2;4H,1-3H3. The van der Waals surface area contributed by atoms with E-state index in [9.17, 15) is 22.4 Å². The van der Waals surface area contributed by atoms with Gasteiger partial charge in [-0.25, -0.2) is 17.6 Å². The summed E-state index contributed by atoms with van der Waals surface area (Å²) in [7, 11) is 0. The minimum Gasteiger partial charge on any atom is -0.462 e. The number of hydrogen-bond acceptors (Lipinski definition) is 3. The fraction of sp³-hybridized carbons (Fsp3) is 0.533. The maximum Gasteiger partial charge on any atom is 0.293 e. The summed E-state index contributed by atoms with van der Waals surface area (Å²) in [6.07, 6.45) is -0.493. The molecule has 124 valence electrons. The van der Waals surface area contributed by atoms with Crippen molar-refractivity contribution in [2.24, 2.45) is 0 Å². The van der Waals surface area contributed by atoms with Gasteiger partial charge in [-0.2, -0.15) is 0 Å². The molecule has 2 rings (SSSR count). The Morgan fingerprint density at radius 1 is 1.32 bits per heavy atom. The lowest BCUT2D eigenvalue weighted by atomic mass is 10.0. The molecule has 1 saturated heterocycles. The molecule has 22 heavy (non-hydrogen) atoms. The lowest BCUT2D eigenvalue weighted by molar-refractivity contribution is -0.138. The first-order valence-corrected chi connectivity index (χ1v) is 6.72. The highest BCUT2D eigenvalue weighted by molar-refractivity contribution is 5.37. The number of rotatable bonds is 2. The Kier molecular flexibility index (Phi) is 5.93. The van der Waals surface area contributed by atoms with Gasteiger partial charge in [-0.15, -0.1) is 0 Å². The predicted octanol–water partition coefficient (Wildman–Crippen LogP) is 3.59. The van der Waals surface area contributed by atoms with Crippen molar-refractivity contribution in [1.29, 1.82) is 0 Å². The first kappa shape index (κ1) is 18.4. The molecule has 7 heteroatoms. The van der Waals surface area contributed by atoms with E-state index in [1.165, 1.54) is 0 Å². The Balaban J connectivity index is 0.000000295. The largest absolute Gasteiger partial charge is 0.462 e. The number of benzene rings is 1. The Hall–Kier alpha value is -1.63. The minimum absolute atomic E-state index is 0.0350. The van der Waals surface area contributed by atoms with Gasteiger partial charge in [0.2, 0.25) is 0 Å². The molecule has 1 N–H and O–H groups in total. The summed E-state index contributed by atoms with van der Waals surface area (Å²) in [6.45, 7) is 5.43. The van der Waals surface area contributed by atoms with Crippen molar-refractivity contribution >= 4 is 6.47 Å². The molecular weight excluding hydrogens is 302 g/mol. The summed E-state index contributed by atoms with van der Waals surface area (Å²) in [4.78, 5) is 9.60. The first-order valence-electron chi connectivity index (χ1n) is 6.72. The van der Waals surface area contributed by atoms with Crippen LogP contribution in [0.1, 0.15) is 38.8 Å². The number of nitrogens with one attached hydrogen (secondary N) is 1. The van der Waals surface area contributed by atoms with Crippen LogP contribution in [-0.4, -0.2) is 24.5 Å². The van der Waals surface area contributed by atoms with Gasteiger partial charge < -0.3 is 10.1 Å². The zero-order valence-corrected chi connectivity index (χ0v) is 12.6. The topological polar surface area (TPSA) is 38.3 Å². The van der Waals surface area contributed by atoms with Crippen molar-refractivity contribution in [3.8, 4) is 0 Å². The Labute approximate surface area is 126 Å². The van der Waals surface area contributed by atoms with Crippen LogP contribution in [0.15, 0.2) is 18.2 Å². The monoisotopic (exact) mass is 321 g/mol. The van der Waals surface area contributed by atoms with E-state index in [0.29, 0.717) is 6.47 Å². The molecule has 1 atom stereocenters. The smallest absolute Gasteiger partial charge is 0.293 e. The van der Waals surface area contributed by atoms with E-state index in [0.717, 1.165) is 18.2 Å². The van der Waals surface area contributed by atoms with E-state index in [1.54, 1.807) is 0 Å². The first-order chi connectivity index (χ1) is 10.0. The second-order valence-corrected chi connectivity index (χ2v) is 5.99. The third kappa shape index (κ3) is 6.01. The maximum atomic E-state index is 13.2. The van der Waals surface area contributed by atoms with Gasteiger partial charge in [0.15, 0.2) is 0 Å². The summed E-state index contributed by atoms with van der Waals surface area (Å²) in [6, 6.07) is 2.05. The summed E-state index contributed by atoms with van der Waals surface area (Å²) >= 11 is 0. The molecule has 1 heterocycles. The zero-order chi connectivity index (χ0) is 17.0. The third-order valence-electron chi connectivity index (χ3n) is 2.84. The van der Waals surface area contributed by atoms with Crippen LogP contribution in [0.4, 0.5) is 17.6 Å². The van der Waals surface area contributed by atoms with Crippen molar-refractivity contribution < 1.29 is 27.1 Å². The van der Waals surface area contributed by atoms with E-state index in [2.05, 4.69) is 10.1 Å². The van der Waals surface area contributed by atoms with Crippen molar-refractivity contribution in [3.05, 3.63) is 35.4 Å². The second-order valence-electron chi connectivity index (χ2n) is 5.99. The van der Waals surface area contributed by atoms with Gasteiger partial charge >= 0.3 is 0 Å². The molecule has 1 aromatic rings. The Bertz CT molecular complexity index is 515. The molecule has 1 unspecified atom stereocenters. The van der Waals surface area contributed by atoms with Crippen LogP contribution in [0.25, 0.3) is 0 Å². The van der Waals surface area contributed by atoms with Gasteiger partial charge in [0.1, 0.15) is 17.2 Å². The Morgan fingerprint density at radius 3 is 2.36 bits per heavy atom. The minimum atomic E-state index is -2.84. The highest BCUT2D eigenvalue weighted by atomic mass is 19.3. The van der Waals surface area contributed by atoms with Gasteiger partial charge in [-0.05, 0) is 39.0 Å². The van der Waals surface area contributed by atoms with Crippen LogP contribution in [0, 0.1) is 11.6 Å². The van der Waals surface area contributed by atoms with Crippen LogP contribution in [0.3, 0.4) is 0 Å². The number of ether oxygens (including phenoxy) is 1. The highest BCUT2D eigenvalue weighted by Gasteiger charge is 2.40. The average Bonchev–Trinajstić information content (AvgIpc) is 2.72. The van der Waals surface area contributed by atoms with Gasteiger partial charge in [-0.1, -0.05) is 0 Å². The number of hydrogen-bond donors (Lipinski definition) is 1. The summed E-state index contributed by atoms with van der Waals surface area (Å²) in [5, 5.41) is 2.47. The molecule has 3 nitrogen and oxygen atoms in total. The third-order valence-corrected chi connectivity index (χ3v) is 2.84. The average molecular weight is 321 g/mol. The summed E-state index contributed by atoms with van der Waals surface area (Å²) in [5.74, 6) is -4.13. The molecule has 1 aliphatic heterocycles. The second kappa shape index (κ2) is 7.09. The zero-order valence-electron chi connectivity index (χ0n) is 12.6. The van der Waals surface area contributed by atoms with Gasteiger partial charge in [0.05, 0.1) is 6.54 Å². The fourth-order valence-corrected chi connectivity index (χ4v) is 1.86. The maximum absolute atomic E-state index is 13.2. The molecule has 1 fully saturated rings. The number of carbonyl (C=O) groups is 1. The van der Waals surface area contributed by atoms with E-state index in [-0.39, 0.29) is 11.2 Å². The van der Waals surface area contributed by atoms with Crippen molar-refractivity contribution in [2.45, 2.75) is 44.8 Å². The van der Waals surface area contributed by atoms with E-state index in [1.807, 2.05) is 20.8 Å². The van der Waals surface area contributed by atoms with Crippen LogP contribution < -0.4 is 5.32 Å². The molecule has 0 radical (unpaired) electrons. The molecule has 1 aromatic carbocycles. The lowest BCUT2D eigenvalue weighted by Crippen LogP contribution is -2.19. The van der Waals surface area contributed by atoms with E-state index >= 15 is 0 Å². The van der Waals surface area contributed by atoms with E-state index < -0.39 is 36.6 Å². The molecule has 0 aromatic heterocycles. The van der Waals surface area contributed by atoms with Crippen LogP contribution in [0.5, 0.6) is 0 Å². The van der Waals surface area contributed by atoms with Crippen LogP contribution in [0.2, 0.25) is 0 Å². The summed E-state index contributed by atoms with van der Waals surface area (Å²) in [5.41, 5.74) is -0.353. The molecule has 1 aliphatic rings. The molecule has 0 saturated carbocycles. The molecular formula is C15H19F4NO2. The Morgan fingerprint density at radius 2 is 1.95 bits per heavy atom. The molecule has 0 aliphatic carbocycles. The number of alkyl halides is 2. The van der Waals surface area contributed by atoms with Gasteiger partial charge in [-0.3, -0.25) is 4.79 Å². The molecule has 0 amide bonds. The fourth-order valence-electron chi connectivity index (χ4n) is 1.86. The van der Waals surface area contributed by atoms with Crippen molar-refractivity contribution in [2.75, 3.05) is 6.54 Å². The number of carbonyl (C=O) groups excluding carboxylic acids is 1. The van der Waals surface area contributed by atoms with E-state index in [4.69, 9.17) is 0 Å². The quantitative estimate of drug-likeness (QED) is 0.668. The molecule has 0 spiro atoms. The SMILES string of the molecule is CC(C)(C)OC=O.Fc1ccc(F)c(C2CC(F)(F)CN2)c1. The van der Waals surface area contributed by atoms with Crippen LogP contribution >= 0.6 is 0 Å². The van der Waals surface area contributed by atoms with Crippen molar-refractivity contribution in [1.82, 2.24) is 5.32 Å². The van der Waals surface area contributed by atoms with Gasteiger partial charge in [0, 0.05) is 18.0 Å². The van der Waals surface area contributed by atoms with Crippen molar-refractivity contribution in [3.63, 3.8) is 0 Å². The summed E-state index contributed by atoms with van der Waals surface area (Å²) < 4.78 is 56.2. The lowest BCUT2D eigenvalue weighted by Gasteiger charge is -2.14. The molecule has 0 bridgehead atoms.